The van der Waals surface area contributed by atoms with Crippen LogP contribution >= 0.6 is 0 Å². The van der Waals surface area contributed by atoms with Crippen molar-refractivity contribution in [2.45, 2.75) is 32.1 Å². The molecule has 0 saturated heterocycles. The van der Waals surface area contributed by atoms with Crippen molar-refractivity contribution in [2.75, 3.05) is 11.9 Å². The highest BCUT2D eigenvalue weighted by atomic mass is 16.4. The Balaban J connectivity index is 1.65. The normalized spacial score (nSPS) is 12.7. The van der Waals surface area contributed by atoms with Gasteiger partial charge in [-0.2, -0.15) is 0 Å². The number of primary amides is 1. The summed E-state index contributed by atoms with van der Waals surface area (Å²) in [6, 6.07) is 12.2. The van der Waals surface area contributed by atoms with E-state index in [0.717, 1.165) is 35.2 Å². The lowest BCUT2D eigenvalue weighted by Gasteiger charge is -2.11. The Morgan fingerprint density at radius 1 is 1.07 bits per heavy atom. The Bertz CT molecular complexity index is 955. The van der Waals surface area contributed by atoms with Crippen LogP contribution in [0.4, 0.5) is 5.69 Å². The van der Waals surface area contributed by atoms with E-state index in [0.29, 0.717) is 12.8 Å². The van der Waals surface area contributed by atoms with Gasteiger partial charge in [-0.1, -0.05) is 24.3 Å². The molecule has 0 bridgehead atoms. The van der Waals surface area contributed by atoms with Crippen LogP contribution in [-0.4, -0.2) is 29.4 Å². The van der Waals surface area contributed by atoms with E-state index in [9.17, 15) is 14.4 Å². The molecule has 0 saturated carbocycles. The van der Waals surface area contributed by atoms with Crippen molar-refractivity contribution < 1.29 is 19.5 Å². The molecule has 1 aliphatic carbocycles. The number of hydrogen-bond acceptors (Lipinski definition) is 4. The van der Waals surface area contributed by atoms with E-state index < -0.39 is 17.8 Å². The van der Waals surface area contributed by atoms with Gasteiger partial charge in [0.05, 0.1) is 13.0 Å². The van der Waals surface area contributed by atoms with Crippen LogP contribution in [0.2, 0.25) is 0 Å². The largest absolute Gasteiger partial charge is 0.481 e. The second-order valence-corrected chi connectivity index (χ2v) is 7.38. The zero-order chi connectivity index (χ0) is 21.0. The maximum Gasteiger partial charge on any atom is 0.304 e. The van der Waals surface area contributed by atoms with Crippen LogP contribution in [0, 0.1) is 5.92 Å². The van der Waals surface area contributed by atoms with Crippen molar-refractivity contribution >= 4 is 23.5 Å². The Labute approximate surface area is 169 Å². The topological polar surface area (TPSA) is 136 Å². The fraction of sp³-hybridized carbons (Fsp3) is 0.318. The number of amides is 2. The van der Waals surface area contributed by atoms with E-state index in [2.05, 4.69) is 23.5 Å². The predicted molar refractivity (Wildman–Crippen MR) is 110 cm³/mol. The van der Waals surface area contributed by atoms with Gasteiger partial charge in [-0.25, -0.2) is 0 Å². The van der Waals surface area contributed by atoms with Crippen LogP contribution in [-0.2, 0) is 27.2 Å². The lowest BCUT2D eigenvalue weighted by molar-refractivity contribution is -0.140. The molecule has 1 unspecified atom stereocenters. The van der Waals surface area contributed by atoms with Crippen molar-refractivity contribution in [3.63, 3.8) is 0 Å². The third-order valence-electron chi connectivity index (χ3n) is 5.26. The van der Waals surface area contributed by atoms with Gasteiger partial charge in [0.1, 0.15) is 0 Å². The maximum absolute atomic E-state index is 11.5. The molecular formula is C22H25N3O4. The van der Waals surface area contributed by atoms with Crippen molar-refractivity contribution in [1.82, 2.24) is 0 Å². The molecule has 1 aliphatic rings. The fourth-order valence-corrected chi connectivity index (χ4v) is 3.82. The number of benzene rings is 2. The highest BCUT2D eigenvalue weighted by Gasteiger charge is 2.21. The van der Waals surface area contributed by atoms with Crippen LogP contribution in [0.15, 0.2) is 36.4 Å². The van der Waals surface area contributed by atoms with E-state index in [4.69, 9.17) is 16.6 Å². The van der Waals surface area contributed by atoms with E-state index >= 15 is 0 Å². The SMILES string of the molecule is NCC(=O)Nc1ccc2c(c1)Cc1cc(CCCC(CC(=O)O)C(N)=O)ccc1-2. The van der Waals surface area contributed by atoms with Crippen molar-refractivity contribution in [3.05, 3.63) is 53.1 Å². The number of fused-ring (bicyclic) bond motifs is 3. The number of carbonyl (C=O) groups excluding carboxylic acids is 2. The Morgan fingerprint density at radius 2 is 1.76 bits per heavy atom. The van der Waals surface area contributed by atoms with Gasteiger partial charge in [-0.3, -0.25) is 14.4 Å². The molecule has 29 heavy (non-hydrogen) atoms. The standard InChI is InChI=1S/C22H25N3O4/c23-12-20(26)25-17-5-7-19-16(10-17)9-15-8-13(4-6-18(15)19)2-1-3-14(22(24)29)11-21(27)28/h4-8,10,14H,1-3,9,11-12,23H2,(H2,24,29)(H,25,26)(H,27,28). The number of carbonyl (C=O) groups is 3. The number of aliphatic carboxylic acids is 1. The average molecular weight is 395 g/mol. The number of carboxylic acids is 1. The van der Waals surface area contributed by atoms with Crippen LogP contribution < -0.4 is 16.8 Å². The first-order chi connectivity index (χ1) is 13.9. The summed E-state index contributed by atoms with van der Waals surface area (Å²) in [5.41, 5.74) is 17.3. The Hall–Kier alpha value is -3.19. The molecule has 2 amide bonds. The second-order valence-electron chi connectivity index (χ2n) is 7.38. The van der Waals surface area contributed by atoms with Crippen molar-refractivity contribution in [3.8, 4) is 11.1 Å². The van der Waals surface area contributed by atoms with Crippen LogP contribution in [0.3, 0.4) is 0 Å². The minimum atomic E-state index is -1.01. The van der Waals surface area contributed by atoms with Crippen LogP contribution in [0.1, 0.15) is 36.0 Å². The van der Waals surface area contributed by atoms with Gasteiger partial charge in [-0.05, 0) is 65.6 Å². The zero-order valence-electron chi connectivity index (χ0n) is 16.1. The van der Waals surface area contributed by atoms with Gasteiger partial charge in [0.25, 0.3) is 0 Å². The summed E-state index contributed by atoms with van der Waals surface area (Å²) in [6.07, 6.45) is 2.47. The van der Waals surface area contributed by atoms with Gasteiger partial charge in [-0.15, -0.1) is 0 Å². The molecule has 2 aromatic rings. The molecule has 0 aromatic heterocycles. The highest BCUT2D eigenvalue weighted by molar-refractivity contribution is 5.93. The third kappa shape index (κ3) is 5.00. The van der Waals surface area contributed by atoms with E-state index in [1.54, 1.807) is 0 Å². The molecule has 7 nitrogen and oxygen atoms in total. The predicted octanol–water partition coefficient (Wildman–Crippen LogP) is 2.05. The minimum Gasteiger partial charge on any atom is -0.481 e. The molecule has 0 fully saturated rings. The molecule has 152 valence electrons. The lowest BCUT2D eigenvalue weighted by atomic mass is 9.95. The summed E-state index contributed by atoms with van der Waals surface area (Å²) in [5.74, 6) is -2.42. The smallest absolute Gasteiger partial charge is 0.304 e. The number of hydrogen-bond donors (Lipinski definition) is 4. The molecular weight excluding hydrogens is 370 g/mol. The molecule has 0 spiro atoms. The van der Waals surface area contributed by atoms with Crippen LogP contribution in [0.5, 0.6) is 0 Å². The summed E-state index contributed by atoms with van der Waals surface area (Å²) in [6.45, 7) is -0.0518. The van der Waals surface area contributed by atoms with Gasteiger partial charge in [0.15, 0.2) is 0 Å². The third-order valence-corrected chi connectivity index (χ3v) is 5.26. The highest BCUT2D eigenvalue weighted by Crippen LogP contribution is 2.38. The number of rotatable bonds is 9. The van der Waals surface area contributed by atoms with Gasteiger partial charge >= 0.3 is 5.97 Å². The summed E-state index contributed by atoms with van der Waals surface area (Å²) in [5, 5.41) is 11.7. The van der Waals surface area contributed by atoms with Crippen molar-refractivity contribution in [1.29, 1.82) is 0 Å². The van der Waals surface area contributed by atoms with Gasteiger partial charge in [0, 0.05) is 11.6 Å². The van der Waals surface area contributed by atoms with Crippen molar-refractivity contribution in [2.24, 2.45) is 17.4 Å². The second kappa shape index (κ2) is 8.87. The molecule has 0 aliphatic heterocycles. The number of carboxylic acid groups (broad SMARTS) is 1. The number of anilines is 1. The van der Waals surface area contributed by atoms with Crippen LogP contribution in [0.25, 0.3) is 11.1 Å². The molecule has 7 heteroatoms. The molecule has 0 heterocycles. The fourth-order valence-electron chi connectivity index (χ4n) is 3.82. The summed E-state index contributed by atoms with van der Waals surface area (Å²) in [7, 11) is 0. The Morgan fingerprint density at radius 3 is 2.41 bits per heavy atom. The van der Waals surface area contributed by atoms with E-state index in [-0.39, 0.29) is 18.9 Å². The first-order valence-electron chi connectivity index (χ1n) is 9.63. The monoisotopic (exact) mass is 395 g/mol. The lowest BCUT2D eigenvalue weighted by Crippen LogP contribution is -2.25. The molecule has 6 N–H and O–H groups in total. The molecule has 3 rings (SSSR count). The first-order valence-corrected chi connectivity index (χ1v) is 9.63. The number of aryl methyl sites for hydroxylation is 1. The number of nitrogens with one attached hydrogen (secondary N) is 1. The number of nitrogens with two attached hydrogens (primary N) is 2. The molecule has 1 atom stereocenters. The quantitative estimate of drug-likeness (QED) is 0.440. The first kappa shape index (κ1) is 20.5. The summed E-state index contributed by atoms with van der Waals surface area (Å²) >= 11 is 0. The van der Waals surface area contributed by atoms with Gasteiger partial charge < -0.3 is 21.9 Å². The van der Waals surface area contributed by atoms with E-state index in [1.807, 2.05) is 18.2 Å². The minimum absolute atomic E-state index is 0.0518. The molecule has 2 aromatic carbocycles. The summed E-state index contributed by atoms with van der Waals surface area (Å²) < 4.78 is 0. The maximum atomic E-state index is 11.5. The van der Waals surface area contributed by atoms with E-state index in [1.165, 1.54) is 11.1 Å². The summed E-state index contributed by atoms with van der Waals surface area (Å²) in [4.78, 5) is 33.7. The molecule has 0 radical (unpaired) electrons. The zero-order valence-corrected chi connectivity index (χ0v) is 16.1. The van der Waals surface area contributed by atoms with Gasteiger partial charge in [0.2, 0.25) is 11.8 Å². The average Bonchev–Trinajstić information content (AvgIpc) is 3.03. The Kier molecular flexibility index (Phi) is 6.29.